The van der Waals surface area contributed by atoms with Crippen LogP contribution in [-0.2, 0) is 0 Å². The van der Waals surface area contributed by atoms with Crippen molar-refractivity contribution in [3.05, 3.63) is 59.1 Å². The maximum Gasteiger partial charge on any atom is 0.275 e. The molecule has 172 valence electrons. The highest BCUT2D eigenvalue weighted by Crippen LogP contribution is 2.29. The van der Waals surface area contributed by atoms with Crippen molar-refractivity contribution < 1.29 is 19.1 Å². The van der Waals surface area contributed by atoms with Crippen LogP contribution in [0, 0.1) is 0 Å². The zero-order valence-corrected chi connectivity index (χ0v) is 19.6. The monoisotopic (exact) mass is 466 g/mol. The van der Waals surface area contributed by atoms with Gasteiger partial charge < -0.3 is 24.6 Å². The summed E-state index contributed by atoms with van der Waals surface area (Å²) in [5.41, 5.74) is 2.13. The van der Waals surface area contributed by atoms with Crippen LogP contribution in [0.4, 0.5) is 5.69 Å². The summed E-state index contributed by atoms with van der Waals surface area (Å²) >= 11 is 1.38. The third-order valence-electron chi connectivity index (χ3n) is 5.56. The number of rotatable bonds is 6. The molecule has 1 saturated heterocycles. The van der Waals surface area contributed by atoms with Crippen molar-refractivity contribution in [2.45, 2.75) is 0 Å². The number of hydrogen-bond acceptors (Lipinski definition) is 7. The third-order valence-corrected chi connectivity index (χ3v) is 6.45. The SMILES string of the molecule is COc1ccc(-c2nc(C(=O)Nc3cc(C(=O)N4CCN(C)CC4)ccc3OC)cs2)cc1. The molecule has 1 fully saturated rings. The van der Waals surface area contributed by atoms with Crippen LogP contribution in [0.2, 0.25) is 0 Å². The molecule has 0 radical (unpaired) electrons. The molecule has 0 spiro atoms. The molecule has 0 atom stereocenters. The van der Waals surface area contributed by atoms with Gasteiger partial charge in [0.15, 0.2) is 0 Å². The van der Waals surface area contributed by atoms with E-state index in [-0.39, 0.29) is 11.8 Å². The van der Waals surface area contributed by atoms with Gasteiger partial charge in [0.1, 0.15) is 22.2 Å². The first kappa shape index (κ1) is 22.8. The number of thiazole rings is 1. The lowest BCUT2D eigenvalue weighted by atomic mass is 10.1. The standard InChI is InChI=1S/C24H26N4O4S/c1-27-10-12-28(13-11-27)24(30)17-6-9-21(32-3)19(14-17)25-22(29)20-15-33-23(26-20)16-4-7-18(31-2)8-5-16/h4-9,14-15H,10-13H2,1-3H3,(H,25,29). The molecule has 1 aromatic heterocycles. The van der Waals surface area contributed by atoms with Gasteiger partial charge in [-0.05, 0) is 49.5 Å². The molecule has 4 rings (SSSR count). The second-order valence-corrected chi connectivity index (χ2v) is 8.59. The summed E-state index contributed by atoms with van der Waals surface area (Å²) in [7, 11) is 5.18. The highest BCUT2D eigenvalue weighted by molar-refractivity contribution is 7.13. The number of hydrogen-bond donors (Lipinski definition) is 1. The molecular formula is C24H26N4O4S. The summed E-state index contributed by atoms with van der Waals surface area (Å²) in [6.45, 7) is 3.03. The Bertz CT molecular complexity index is 1140. The Morgan fingerprint density at radius 1 is 1.00 bits per heavy atom. The lowest BCUT2D eigenvalue weighted by Gasteiger charge is -2.32. The second-order valence-electron chi connectivity index (χ2n) is 7.73. The molecule has 1 N–H and O–H groups in total. The summed E-state index contributed by atoms with van der Waals surface area (Å²) in [5, 5.41) is 5.29. The van der Waals surface area contributed by atoms with E-state index in [0.29, 0.717) is 35.8 Å². The minimum Gasteiger partial charge on any atom is -0.497 e. The number of aromatic nitrogens is 1. The van der Waals surface area contributed by atoms with Gasteiger partial charge in [0.25, 0.3) is 11.8 Å². The maximum absolute atomic E-state index is 13.0. The first-order valence-electron chi connectivity index (χ1n) is 10.6. The number of likely N-dealkylation sites (N-methyl/N-ethyl adjacent to an activating group) is 1. The molecule has 2 aromatic carbocycles. The predicted molar refractivity (Wildman–Crippen MR) is 128 cm³/mol. The predicted octanol–water partition coefficient (Wildman–Crippen LogP) is 3.47. The average molecular weight is 467 g/mol. The Labute approximate surface area is 196 Å². The number of methoxy groups -OCH3 is 2. The summed E-state index contributed by atoms with van der Waals surface area (Å²) in [6, 6.07) is 12.6. The number of carbonyl (C=O) groups excluding carboxylic acids is 2. The minimum atomic E-state index is -0.367. The number of nitrogens with zero attached hydrogens (tertiary/aromatic N) is 3. The quantitative estimate of drug-likeness (QED) is 0.599. The number of anilines is 1. The smallest absolute Gasteiger partial charge is 0.275 e. The molecule has 1 aliphatic heterocycles. The van der Waals surface area contributed by atoms with E-state index in [0.717, 1.165) is 29.4 Å². The molecule has 33 heavy (non-hydrogen) atoms. The molecule has 3 aromatic rings. The Balaban J connectivity index is 1.50. The Morgan fingerprint density at radius 3 is 2.39 bits per heavy atom. The third kappa shape index (κ3) is 5.15. The Morgan fingerprint density at radius 2 is 1.73 bits per heavy atom. The lowest BCUT2D eigenvalue weighted by Crippen LogP contribution is -2.47. The van der Waals surface area contributed by atoms with Gasteiger partial charge in [-0.25, -0.2) is 4.98 Å². The molecule has 1 aliphatic rings. The van der Waals surface area contributed by atoms with E-state index in [1.165, 1.54) is 18.4 Å². The van der Waals surface area contributed by atoms with Crippen molar-refractivity contribution in [2.75, 3.05) is 52.8 Å². The second kappa shape index (κ2) is 10.0. The minimum absolute atomic E-state index is 0.0586. The van der Waals surface area contributed by atoms with Crippen LogP contribution in [-0.4, -0.2) is 74.0 Å². The van der Waals surface area contributed by atoms with Crippen LogP contribution >= 0.6 is 11.3 Å². The van der Waals surface area contributed by atoms with Gasteiger partial charge in [0.05, 0.1) is 19.9 Å². The van der Waals surface area contributed by atoms with Crippen LogP contribution < -0.4 is 14.8 Å². The molecule has 0 bridgehead atoms. The number of amides is 2. The molecule has 9 heteroatoms. The van der Waals surface area contributed by atoms with E-state index >= 15 is 0 Å². The Kier molecular flexibility index (Phi) is 6.90. The van der Waals surface area contributed by atoms with Crippen molar-refractivity contribution in [3.63, 3.8) is 0 Å². The van der Waals surface area contributed by atoms with E-state index in [1.807, 2.05) is 36.2 Å². The van der Waals surface area contributed by atoms with Gasteiger partial charge in [0, 0.05) is 42.7 Å². The average Bonchev–Trinajstić information content (AvgIpc) is 3.35. The van der Waals surface area contributed by atoms with Crippen molar-refractivity contribution in [3.8, 4) is 22.1 Å². The van der Waals surface area contributed by atoms with Crippen molar-refractivity contribution in [1.29, 1.82) is 0 Å². The zero-order chi connectivity index (χ0) is 23.4. The summed E-state index contributed by atoms with van der Waals surface area (Å²) in [4.78, 5) is 34.3. The maximum atomic E-state index is 13.0. The van der Waals surface area contributed by atoms with E-state index in [4.69, 9.17) is 9.47 Å². The molecule has 0 aliphatic carbocycles. The number of ether oxygens (including phenoxy) is 2. The van der Waals surface area contributed by atoms with E-state index in [2.05, 4.69) is 15.2 Å². The van der Waals surface area contributed by atoms with Crippen molar-refractivity contribution in [1.82, 2.24) is 14.8 Å². The largest absolute Gasteiger partial charge is 0.497 e. The van der Waals surface area contributed by atoms with E-state index < -0.39 is 0 Å². The molecule has 2 amide bonds. The van der Waals surface area contributed by atoms with Gasteiger partial charge in [-0.15, -0.1) is 11.3 Å². The number of piperazine rings is 1. The summed E-state index contributed by atoms with van der Waals surface area (Å²) in [6.07, 6.45) is 0. The fourth-order valence-corrected chi connectivity index (χ4v) is 4.37. The Hall–Kier alpha value is -3.43. The first-order chi connectivity index (χ1) is 16.0. The lowest BCUT2D eigenvalue weighted by molar-refractivity contribution is 0.0664. The van der Waals surface area contributed by atoms with Crippen LogP contribution in [0.3, 0.4) is 0 Å². The molecule has 0 saturated carbocycles. The van der Waals surface area contributed by atoms with Gasteiger partial charge in [0.2, 0.25) is 0 Å². The molecule has 8 nitrogen and oxygen atoms in total. The van der Waals surface area contributed by atoms with Gasteiger partial charge in [-0.1, -0.05) is 0 Å². The molecular weight excluding hydrogens is 440 g/mol. The van der Waals surface area contributed by atoms with Crippen molar-refractivity contribution >= 4 is 28.8 Å². The number of benzene rings is 2. The summed E-state index contributed by atoms with van der Waals surface area (Å²) in [5.74, 6) is 0.806. The van der Waals surface area contributed by atoms with Gasteiger partial charge >= 0.3 is 0 Å². The first-order valence-corrected chi connectivity index (χ1v) is 11.4. The fourth-order valence-electron chi connectivity index (χ4n) is 3.56. The van der Waals surface area contributed by atoms with Crippen LogP contribution in [0.15, 0.2) is 47.8 Å². The summed E-state index contributed by atoms with van der Waals surface area (Å²) < 4.78 is 10.6. The number of nitrogens with one attached hydrogen (secondary N) is 1. The topological polar surface area (TPSA) is 84.0 Å². The van der Waals surface area contributed by atoms with Crippen LogP contribution in [0.5, 0.6) is 11.5 Å². The van der Waals surface area contributed by atoms with Gasteiger partial charge in [-0.3, -0.25) is 9.59 Å². The normalized spacial score (nSPS) is 14.1. The van der Waals surface area contributed by atoms with Gasteiger partial charge in [-0.2, -0.15) is 0 Å². The molecule has 0 unspecified atom stereocenters. The highest BCUT2D eigenvalue weighted by Gasteiger charge is 2.22. The van der Waals surface area contributed by atoms with Crippen LogP contribution in [0.25, 0.3) is 10.6 Å². The zero-order valence-electron chi connectivity index (χ0n) is 18.8. The van der Waals surface area contributed by atoms with Crippen LogP contribution in [0.1, 0.15) is 20.8 Å². The fraction of sp³-hybridized carbons (Fsp3) is 0.292. The molecule has 2 heterocycles. The van der Waals surface area contributed by atoms with Crippen molar-refractivity contribution in [2.24, 2.45) is 0 Å². The van der Waals surface area contributed by atoms with E-state index in [1.54, 1.807) is 30.7 Å². The number of carbonyl (C=O) groups is 2. The highest BCUT2D eigenvalue weighted by atomic mass is 32.1. The van der Waals surface area contributed by atoms with E-state index in [9.17, 15) is 9.59 Å².